The van der Waals surface area contributed by atoms with E-state index in [1.807, 2.05) is 0 Å². The third-order valence-electron chi connectivity index (χ3n) is 5.50. The van der Waals surface area contributed by atoms with Crippen LogP contribution >= 0.6 is 0 Å². The molecule has 1 fully saturated rings. The highest BCUT2D eigenvalue weighted by Gasteiger charge is 2.25. The van der Waals surface area contributed by atoms with Gasteiger partial charge in [-0.2, -0.15) is 0 Å². The zero-order valence-electron chi connectivity index (χ0n) is 22.1. The number of cyclic esters (lactones) is 2. The summed E-state index contributed by atoms with van der Waals surface area (Å²) in [6.45, 7) is 0.0306. The molecule has 0 radical (unpaired) electrons. The van der Waals surface area contributed by atoms with Crippen LogP contribution in [0, 0.1) is 0 Å². The van der Waals surface area contributed by atoms with Crippen LogP contribution in [0.1, 0.15) is 23.2 Å². The molecule has 1 heterocycles. The monoisotopic (exact) mass is 558 g/mol. The third-order valence-corrected chi connectivity index (χ3v) is 5.50. The van der Waals surface area contributed by atoms with Crippen molar-refractivity contribution < 1.29 is 47.6 Å². The minimum atomic E-state index is -1.02. The molecule has 2 aromatic rings. The van der Waals surface area contributed by atoms with Crippen molar-refractivity contribution in [3.8, 4) is 0 Å². The molecule has 2 aromatic carbocycles. The van der Waals surface area contributed by atoms with Gasteiger partial charge in [0.15, 0.2) is 12.1 Å². The van der Waals surface area contributed by atoms with Crippen LogP contribution in [0.3, 0.4) is 0 Å². The van der Waals surface area contributed by atoms with Gasteiger partial charge in [-0.1, -0.05) is 60.7 Å². The zero-order chi connectivity index (χ0) is 28.4. The smallest absolute Gasteiger partial charge is 0.333 e. The Labute approximate surface area is 232 Å². The predicted octanol–water partition coefficient (Wildman–Crippen LogP) is 0.868. The van der Waals surface area contributed by atoms with Gasteiger partial charge in [0, 0.05) is 0 Å². The molecule has 40 heavy (non-hydrogen) atoms. The van der Waals surface area contributed by atoms with Gasteiger partial charge in [-0.05, 0) is 11.1 Å². The fraction of sp³-hybridized carbons (Fsp3) is 0.429. The lowest BCUT2D eigenvalue weighted by Gasteiger charge is -2.19. The van der Waals surface area contributed by atoms with E-state index in [9.17, 15) is 19.2 Å². The second-order valence-corrected chi connectivity index (χ2v) is 8.49. The molecule has 216 valence electrons. The molecule has 2 N–H and O–H groups in total. The fourth-order valence-electron chi connectivity index (χ4n) is 3.59. The molecule has 0 saturated carbocycles. The van der Waals surface area contributed by atoms with Crippen LogP contribution in [0.2, 0.25) is 0 Å². The van der Waals surface area contributed by atoms with Gasteiger partial charge in [-0.15, -0.1) is 0 Å². The predicted molar refractivity (Wildman–Crippen MR) is 140 cm³/mol. The Morgan fingerprint density at radius 1 is 0.475 bits per heavy atom. The van der Waals surface area contributed by atoms with E-state index < -0.39 is 35.8 Å². The minimum Gasteiger partial charge on any atom is -0.461 e. The van der Waals surface area contributed by atoms with Gasteiger partial charge in [0.25, 0.3) is 0 Å². The van der Waals surface area contributed by atoms with Crippen molar-refractivity contribution in [2.75, 3.05) is 66.1 Å². The van der Waals surface area contributed by atoms with E-state index in [4.69, 9.17) is 28.4 Å². The maximum Gasteiger partial charge on any atom is 0.333 e. The first-order valence-electron chi connectivity index (χ1n) is 12.9. The third kappa shape index (κ3) is 11.1. The van der Waals surface area contributed by atoms with E-state index in [0.29, 0.717) is 11.1 Å². The Kier molecular flexibility index (Phi) is 13.6. The molecule has 0 aromatic heterocycles. The Morgan fingerprint density at radius 3 is 1.23 bits per heavy atom. The highest BCUT2D eigenvalue weighted by Crippen LogP contribution is 2.15. The standard InChI is InChI=1S/C28H34N2O10/c31-23-19-37-13-14-38-20-24(32)30-26(22-9-5-2-6-10-22)28(34)40-18-16-36-12-11-35-15-17-39-27(33)25(29-23)21-7-3-1-4-8-21/h1-10,25-26H,11-20H2,(H,29,31)(H,30,32)/t25-,26+. The van der Waals surface area contributed by atoms with Crippen molar-refractivity contribution >= 4 is 23.8 Å². The number of benzene rings is 2. The van der Waals surface area contributed by atoms with Crippen LogP contribution < -0.4 is 10.6 Å². The van der Waals surface area contributed by atoms with Crippen LogP contribution in [0.4, 0.5) is 0 Å². The molecular formula is C28H34N2O10. The van der Waals surface area contributed by atoms with E-state index in [1.165, 1.54) is 0 Å². The molecule has 2 amide bonds. The van der Waals surface area contributed by atoms with Gasteiger partial charge in [0.05, 0.1) is 39.6 Å². The summed E-state index contributed by atoms with van der Waals surface area (Å²) in [5, 5.41) is 5.23. The average molecular weight is 559 g/mol. The number of nitrogens with one attached hydrogen (secondary N) is 2. The van der Waals surface area contributed by atoms with E-state index in [0.717, 1.165) is 0 Å². The molecule has 12 nitrogen and oxygen atoms in total. The topological polar surface area (TPSA) is 148 Å². The number of hydrogen-bond donors (Lipinski definition) is 2. The van der Waals surface area contributed by atoms with Gasteiger partial charge in [0.1, 0.15) is 26.4 Å². The van der Waals surface area contributed by atoms with Crippen LogP contribution in [0.15, 0.2) is 60.7 Å². The summed E-state index contributed by atoms with van der Waals surface area (Å²) in [6.07, 6.45) is 0. The van der Waals surface area contributed by atoms with Crippen LogP contribution in [-0.4, -0.2) is 89.8 Å². The van der Waals surface area contributed by atoms with Crippen molar-refractivity contribution in [3.05, 3.63) is 71.8 Å². The van der Waals surface area contributed by atoms with E-state index in [-0.39, 0.29) is 66.1 Å². The van der Waals surface area contributed by atoms with Crippen molar-refractivity contribution in [2.24, 2.45) is 0 Å². The molecular weight excluding hydrogens is 524 g/mol. The first-order chi connectivity index (χ1) is 19.5. The summed E-state index contributed by atoms with van der Waals surface area (Å²) >= 11 is 0. The van der Waals surface area contributed by atoms with Crippen LogP contribution in [0.5, 0.6) is 0 Å². The quantitative estimate of drug-likeness (QED) is 0.509. The fourth-order valence-corrected chi connectivity index (χ4v) is 3.59. The van der Waals surface area contributed by atoms with Gasteiger partial charge < -0.3 is 39.1 Å². The maximum absolute atomic E-state index is 12.7. The van der Waals surface area contributed by atoms with E-state index in [1.54, 1.807) is 60.7 Å². The van der Waals surface area contributed by atoms with Crippen LogP contribution in [0.25, 0.3) is 0 Å². The number of rotatable bonds is 2. The second-order valence-electron chi connectivity index (χ2n) is 8.49. The summed E-state index contributed by atoms with van der Waals surface area (Å²) in [7, 11) is 0. The zero-order valence-corrected chi connectivity index (χ0v) is 22.1. The van der Waals surface area contributed by atoms with E-state index >= 15 is 0 Å². The van der Waals surface area contributed by atoms with Crippen molar-refractivity contribution in [1.29, 1.82) is 0 Å². The molecule has 1 aliphatic heterocycles. The SMILES string of the molecule is O=C1COCCOCC(=O)N[C@H](c2ccccc2)C(=O)OCCOCCOCCOC(=O)[C@H](c2ccccc2)N1. The Hall–Kier alpha value is -3.84. The van der Waals surface area contributed by atoms with Crippen molar-refractivity contribution in [2.45, 2.75) is 12.1 Å². The Balaban J connectivity index is 1.57. The maximum atomic E-state index is 12.7. The number of ether oxygens (including phenoxy) is 6. The number of carbonyl (C=O) groups excluding carboxylic acids is 4. The molecule has 0 spiro atoms. The number of hydrogen-bond acceptors (Lipinski definition) is 10. The molecule has 0 unspecified atom stereocenters. The van der Waals surface area contributed by atoms with Crippen LogP contribution in [-0.2, 0) is 47.6 Å². The number of carbonyl (C=O) groups is 4. The minimum absolute atomic E-state index is 0.0165. The van der Waals surface area contributed by atoms with Gasteiger partial charge in [-0.3, -0.25) is 9.59 Å². The Morgan fingerprint density at radius 2 is 0.825 bits per heavy atom. The normalized spacial score (nSPS) is 22.1. The highest BCUT2D eigenvalue weighted by molar-refractivity contribution is 5.86. The largest absolute Gasteiger partial charge is 0.461 e. The first kappa shape index (κ1) is 30.7. The van der Waals surface area contributed by atoms with Gasteiger partial charge in [0.2, 0.25) is 11.8 Å². The molecule has 1 aliphatic rings. The van der Waals surface area contributed by atoms with Gasteiger partial charge >= 0.3 is 11.9 Å². The number of esters is 2. The molecule has 1 saturated heterocycles. The van der Waals surface area contributed by atoms with Crippen molar-refractivity contribution in [3.63, 3.8) is 0 Å². The summed E-state index contributed by atoms with van der Waals surface area (Å²) in [5.74, 6) is -2.34. The highest BCUT2D eigenvalue weighted by atomic mass is 16.6. The lowest BCUT2D eigenvalue weighted by molar-refractivity contribution is -0.151. The molecule has 12 heteroatoms. The summed E-state index contributed by atoms with van der Waals surface area (Å²) < 4.78 is 32.0. The summed E-state index contributed by atoms with van der Waals surface area (Å²) in [4.78, 5) is 50.3. The molecule has 2 atom stereocenters. The van der Waals surface area contributed by atoms with Gasteiger partial charge in [-0.25, -0.2) is 9.59 Å². The van der Waals surface area contributed by atoms with E-state index in [2.05, 4.69) is 10.6 Å². The average Bonchev–Trinajstić information content (AvgIpc) is 2.97. The molecule has 0 aliphatic carbocycles. The Bertz CT molecular complexity index is 982. The summed E-state index contributed by atoms with van der Waals surface area (Å²) in [5.41, 5.74) is 1.11. The molecule has 3 rings (SSSR count). The number of amides is 2. The first-order valence-corrected chi connectivity index (χ1v) is 12.9. The lowest BCUT2D eigenvalue weighted by atomic mass is 10.1. The summed E-state index contributed by atoms with van der Waals surface area (Å²) in [6, 6.07) is 15.3. The lowest BCUT2D eigenvalue weighted by Crippen LogP contribution is -2.38. The molecule has 0 bridgehead atoms. The van der Waals surface area contributed by atoms with Crippen molar-refractivity contribution in [1.82, 2.24) is 10.6 Å². The second kappa shape index (κ2) is 17.7.